The number of nitrogens with two attached hydrogens (primary N) is 1. The lowest BCUT2D eigenvalue weighted by Crippen LogP contribution is -1.99. The van der Waals surface area contributed by atoms with E-state index in [9.17, 15) is 0 Å². The maximum absolute atomic E-state index is 5.96. The number of imidazole rings is 1. The Bertz CT molecular complexity index is 496. The third kappa shape index (κ3) is 1.89. The highest BCUT2D eigenvalue weighted by atomic mass is 35.5. The Hall–Kier alpha value is -1.52. The topological polar surface area (TPSA) is 63.9 Å². The molecule has 0 saturated heterocycles. The van der Waals surface area contributed by atoms with E-state index < -0.39 is 0 Å². The number of aromatic nitrogens is 2. The van der Waals surface area contributed by atoms with Crippen LogP contribution in [0, 0.1) is 0 Å². The number of aromatic amines is 1. The molecule has 0 spiro atoms. The number of benzene rings is 1. The van der Waals surface area contributed by atoms with Crippen molar-refractivity contribution in [1.82, 2.24) is 9.97 Å². The lowest BCUT2D eigenvalue weighted by Gasteiger charge is -2.08. The molecule has 0 saturated carbocycles. The third-order valence-corrected chi connectivity index (χ3v) is 2.57. The molecule has 0 atom stereocenters. The van der Waals surface area contributed by atoms with Gasteiger partial charge in [-0.2, -0.15) is 0 Å². The molecule has 1 aromatic heterocycles. The molecule has 0 aliphatic carbocycles. The molecule has 84 valence electrons. The average Bonchev–Trinajstić information content (AvgIpc) is 2.76. The highest BCUT2D eigenvalue weighted by Crippen LogP contribution is 2.32. The molecule has 0 radical (unpaired) electrons. The lowest BCUT2D eigenvalue weighted by molar-refractivity contribution is 0.416. The summed E-state index contributed by atoms with van der Waals surface area (Å²) in [5, 5.41) is 0.641. The van der Waals surface area contributed by atoms with Gasteiger partial charge in [-0.1, -0.05) is 11.6 Å². The Morgan fingerprint density at radius 1 is 1.50 bits per heavy atom. The number of methoxy groups -OCH3 is 1. The van der Waals surface area contributed by atoms with Gasteiger partial charge in [0, 0.05) is 17.1 Å². The van der Waals surface area contributed by atoms with Gasteiger partial charge in [0.2, 0.25) is 0 Å². The largest absolute Gasteiger partial charge is 0.496 e. The van der Waals surface area contributed by atoms with Crippen molar-refractivity contribution in [2.45, 2.75) is 6.54 Å². The van der Waals surface area contributed by atoms with Gasteiger partial charge >= 0.3 is 0 Å². The van der Waals surface area contributed by atoms with Crippen LogP contribution in [-0.2, 0) is 6.54 Å². The Balaban J connectivity index is 2.58. The quantitative estimate of drug-likeness (QED) is 0.860. The molecule has 2 rings (SSSR count). The molecule has 0 unspecified atom stereocenters. The first-order chi connectivity index (χ1) is 7.76. The molecule has 4 nitrogen and oxygen atoms in total. The van der Waals surface area contributed by atoms with E-state index >= 15 is 0 Å². The summed E-state index contributed by atoms with van der Waals surface area (Å²) in [7, 11) is 1.61. The van der Waals surface area contributed by atoms with Gasteiger partial charge in [-0.25, -0.2) is 4.98 Å². The molecule has 3 N–H and O–H groups in total. The van der Waals surface area contributed by atoms with Crippen LogP contribution in [0.4, 0.5) is 0 Å². The Morgan fingerprint density at radius 2 is 2.31 bits per heavy atom. The fourth-order valence-electron chi connectivity index (χ4n) is 1.57. The molecule has 0 aliphatic heterocycles. The maximum atomic E-state index is 5.96. The summed E-state index contributed by atoms with van der Waals surface area (Å²) in [4.78, 5) is 7.22. The van der Waals surface area contributed by atoms with Crippen molar-refractivity contribution in [3.8, 4) is 17.0 Å². The van der Waals surface area contributed by atoms with Crippen LogP contribution >= 0.6 is 11.6 Å². The number of nitrogens with one attached hydrogen (secondary N) is 1. The van der Waals surface area contributed by atoms with Gasteiger partial charge in [0.25, 0.3) is 0 Å². The minimum Gasteiger partial charge on any atom is -0.496 e. The summed E-state index contributed by atoms with van der Waals surface area (Å²) < 4.78 is 5.27. The molecule has 1 aromatic carbocycles. The van der Waals surface area contributed by atoms with E-state index in [0.717, 1.165) is 22.7 Å². The van der Waals surface area contributed by atoms with Gasteiger partial charge in [0.1, 0.15) is 5.75 Å². The molecule has 5 heteroatoms. The van der Waals surface area contributed by atoms with Crippen LogP contribution in [0.3, 0.4) is 0 Å². The predicted octanol–water partition coefficient (Wildman–Crippen LogP) is 2.20. The van der Waals surface area contributed by atoms with Crippen LogP contribution in [0.5, 0.6) is 5.75 Å². The highest BCUT2D eigenvalue weighted by molar-refractivity contribution is 6.30. The van der Waals surface area contributed by atoms with Crippen LogP contribution < -0.4 is 10.5 Å². The van der Waals surface area contributed by atoms with Crippen molar-refractivity contribution in [3.05, 3.63) is 35.2 Å². The molecule has 0 bridgehead atoms. The van der Waals surface area contributed by atoms with Crippen molar-refractivity contribution >= 4 is 11.6 Å². The van der Waals surface area contributed by atoms with Crippen LogP contribution in [0.25, 0.3) is 11.3 Å². The summed E-state index contributed by atoms with van der Waals surface area (Å²) >= 11 is 5.96. The molecule has 0 fully saturated rings. The van der Waals surface area contributed by atoms with E-state index in [1.165, 1.54) is 0 Å². The van der Waals surface area contributed by atoms with E-state index in [1.54, 1.807) is 19.5 Å². The van der Waals surface area contributed by atoms with Crippen molar-refractivity contribution in [1.29, 1.82) is 0 Å². The zero-order valence-corrected chi connectivity index (χ0v) is 9.58. The molecule has 1 heterocycles. The van der Waals surface area contributed by atoms with Crippen LogP contribution in [0.15, 0.2) is 24.5 Å². The molecular weight excluding hydrogens is 226 g/mol. The van der Waals surface area contributed by atoms with Gasteiger partial charge in [-0.05, 0) is 18.2 Å². The van der Waals surface area contributed by atoms with Gasteiger partial charge < -0.3 is 15.5 Å². The SMILES string of the molecule is COc1ccc(Cl)cc1-c1nc[nH]c1CN. The second-order valence-corrected chi connectivity index (χ2v) is 3.71. The second-order valence-electron chi connectivity index (χ2n) is 3.28. The first-order valence-electron chi connectivity index (χ1n) is 4.82. The molecule has 0 aliphatic rings. The van der Waals surface area contributed by atoms with Crippen LogP contribution in [0.1, 0.15) is 5.69 Å². The number of H-pyrrole nitrogens is 1. The average molecular weight is 238 g/mol. The van der Waals surface area contributed by atoms with Gasteiger partial charge in [-0.3, -0.25) is 0 Å². The van der Waals surface area contributed by atoms with Crippen LogP contribution in [-0.4, -0.2) is 17.1 Å². The first-order valence-corrected chi connectivity index (χ1v) is 5.20. The van der Waals surface area contributed by atoms with Gasteiger partial charge in [-0.15, -0.1) is 0 Å². The fourth-order valence-corrected chi connectivity index (χ4v) is 1.75. The summed E-state index contributed by atoms with van der Waals surface area (Å²) in [6, 6.07) is 5.40. The van der Waals surface area contributed by atoms with Gasteiger partial charge in [0.15, 0.2) is 0 Å². The number of nitrogens with zero attached hydrogens (tertiary/aromatic N) is 1. The second kappa shape index (κ2) is 4.55. The summed E-state index contributed by atoms with van der Waals surface area (Å²) in [6.07, 6.45) is 1.61. The monoisotopic (exact) mass is 237 g/mol. The molecule has 0 amide bonds. The minimum atomic E-state index is 0.394. The minimum absolute atomic E-state index is 0.394. The van der Waals surface area contributed by atoms with E-state index in [0.29, 0.717) is 11.6 Å². The predicted molar refractivity (Wildman–Crippen MR) is 63.5 cm³/mol. The summed E-state index contributed by atoms with van der Waals surface area (Å²) in [6.45, 7) is 0.394. The standard InChI is InChI=1S/C11H12ClN3O/c1-16-10-3-2-7(12)4-8(10)11-9(5-13)14-6-15-11/h2-4,6H,5,13H2,1H3,(H,14,15). The molecule has 2 aromatic rings. The smallest absolute Gasteiger partial charge is 0.128 e. The number of ether oxygens (including phenoxy) is 1. The van der Waals surface area contributed by atoms with E-state index in [1.807, 2.05) is 12.1 Å². The zero-order chi connectivity index (χ0) is 11.5. The fraction of sp³-hybridized carbons (Fsp3) is 0.182. The lowest BCUT2D eigenvalue weighted by atomic mass is 10.1. The Morgan fingerprint density at radius 3 is 3.00 bits per heavy atom. The Labute approximate surface area is 98.4 Å². The van der Waals surface area contributed by atoms with Crippen molar-refractivity contribution in [2.75, 3.05) is 7.11 Å². The van der Waals surface area contributed by atoms with E-state index in [4.69, 9.17) is 22.1 Å². The zero-order valence-electron chi connectivity index (χ0n) is 8.83. The molecule has 16 heavy (non-hydrogen) atoms. The van der Waals surface area contributed by atoms with Gasteiger partial charge in [0.05, 0.1) is 24.8 Å². The molecular formula is C11H12ClN3O. The summed E-state index contributed by atoms with van der Waals surface area (Å²) in [5.41, 5.74) is 8.10. The number of rotatable bonds is 3. The van der Waals surface area contributed by atoms with Crippen molar-refractivity contribution in [3.63, 3.8) is 0 Å². The Kier molecular flexibility index (Phi) is 3.12. The van der Waals surface area contributed by atoms with Crippen molar-refractivity contribution < 1.29 is 4.74 Å². The normalized spacial score (nSPS) is 10.4. The third-order valence-electron chi connectivity index (χ3n) is 2.34. The number of hydrogen-bond acceptors (Lipinski definition) is 3. The van der Waals surface area contributed by atoms with Crippen molar-refractivity contribution in [2.24, 2.45) is 5.73 Å². The maximum Gasteiger partial charge on any atom is 0.128 e. The van der Waals surface area contributed by atoms with E-state index in [-0.39, 0.29) is 0 Å². The number of halogens is 1. The van der Waals surface area contributed by atoms with E-state index in [2.05, 4.69) is 9.97 Å². The summed E-state index contributed by atoms with van der Waals surface area (Å²) in [5.74, 6) is 0.728. The highest BCUT2D eigenvalue weighted by Gasteiger charge is 2.12. The van der Waals surface area contributed by atoms with Crippen LogP contribution in [0.2, 0.25) is 5.02 Å². The number of hydrogen-bond donors (Lipinski definition) is 2. The first kappa shape index (κ1) is 11.0.